The Morgan fingerprint density at radius 3 is 2.82 bits per heavy atom. The smallest absolute Gasteiger partial charge is 0.257 e. The summed E-state index contributed by atoms with van der Waals surface area (Å²) >= 11 is 0. The number of amides is 1. The molecular weight excluding hydrogens is 280 g/mol. The number of H-pyrrole nitrogens is 1. The highest BCUT2D eigenvalue weighted by molar-refractivity contribution is 5.96. The summed E-state index contributed by atoms with van der Waals surface area (Å²) in [5.41, 5.74) is 2.25. The molecule has 1 amide bonds. The van der Waals surface area contributed by atoms with Crippen molar-refractivity contribution >= 4 is 5.91 Å². The molecule has 0 radical (unpaired) electrons. The predicted octanol–water partition coefficient (Wildman–Crippen LogP) is 2.11. The number of ether oxygens (including phenoxy) is 1. The first-order chi connectivity index (χ1) is 10.6. The SMILES string of the molecule is Cc1n[nH]c(C)c1C(=O)N1CCCC(Oc2ccncc2)C1. The van der Waals surface area contributed by atoms with E-state index in [9.17, 15) is 4.79 Å². The van der Waals surface area contributed by atoms with Gasteiger partial charge in [-0.1, -0.05) is 0 Å². The second-order valence-electron chi connectivity index (χ2n) is 5.63. The normalized spacial score (nSPS) is 18.3. The summed E-state index contributed by atoms with van der Waals surface area (Å²) in [5, 5.41) is 6.98. The second kappa shape index (κ2) is 6.17. The van der Waals surface area contributed by atoms with Crippen LogP contribution in [0.3, 0.4) is 0 Å². The number of hydrogen-bond acceptors (Lipinski definition) is 4. The minimum Gasteiger partial charge on any atom is -0.488 e. The molecule has 6 heteroatoms. The van der Waals surface area contributed by atoms with E-state index in [-0.39, 0.29) is 12.0 Å². The van der Waals surface area contributed by atoms with Gasteiger partial charge in [0.2, 0.25) is 0 Å². The van der Waals surface area contributed by atoms with Crippen LogP contribution in [0.2, 0.25) is 0 Å². The minimum atomic E-state index is 0.0209. The maximum absolute atomic E-state index is 12.7. The van der Waals surface area contributed by atoms with Gasteiger partial charge in [-0.05, 0) is 38.8 Å². The van der Waals surface area contributed by atoms with Gasteiger partial charge < -0.3 is 9.64 Å². The quantitative estimate of drug-likeness (QED) is 0.942. The van der Waals surface area contributed by atoms with Crippen molar-refractivity contribution in [3.63, 3.8) is 0 Å². The van der Waals surface area contributed by atoms with Gasteiger partial charge in [0.15, 0.2) is 0 Å². The number of aryl methyl sites for hydroxylation is 2. The molecule has 3 heterocycles. The number of carbonyl (C=O) groups excluding carboxylic acids is 1. The monoisotopic (exact) mass is 300 g/mol. The second-order valence-corrected chi connectivity index (χ2v) is 5.63. The molecule has 1 aliphatic rings. The van der Waals surface area contributed by atoms with Crippen molar-refractivity contribution in [2.24, 2.45) is 0 Å². The summed E-state index contributed by atoms with van der Waals surface area (Å²) in [6, 6.07) is 3.68. The molecule has 1 saturated heterocycles. The number of likely N-dealkylation sites (tertiary alicyclic amines) is 1. The number of aromatic amines is 1. The van der Waals surface area contributed by atoms with Gasteiger partial charge in [-0.25, -0.2) is 0 Å². The largest absolute Gasteiger partial charge is 0.488 e. The van der Waals surface area contributed by atoms with Crippen molar-refractivity contribution in [1.29, 1.82) is 0 Å². The summed E-state index contributed by atoms with van der Waals surface area (Å²) < 4.78 is 5.96. The summed E-state index contributed by atoms with van der Waals surface area (Å²) in [7, 11) is 0. The zero-order valence-electron chi connectivity index (χ0n) is 12.9. The number of nitrogens with zero attached hydrogens (tertiary/aromatic N) is 3. The third kappa shape index (κ3) is 2.95. The lowest BCUT2D eigenvalue weighted by Crippen LogP contribution is -2.44. The van der Waals surface area contributed by atoms with E-state index in [0.717, 1.165) is 36.5 Å². The first-order valence-corrected chi connectivity index (χ1v) is 7.52. The van der Waals surface area contributed by atoms with Gasteiger partial charge in [-0.15, -0.1) is 0 Å². The van der Waals surface area contributed by atoms with Crippen molar-refractivity contribution in [2.45, 2.75) is 32.8 Å². The molecule has 1 unspecified atom stereocenters. The summed E-state index contributed by atoms with van der Waals surface area (Å²) in [4.78, 5) is 18.5. The zero-order valence-corrected chi connectivity index (χ0v) is 12.9. The zero-order chi connectivity index (χ0) is 15.5. The Labute approximate surface area is 129 Å². The number of pyridine rings is 1. The molecule has 0 aromatic carbocycles. The fourth-order valence-corrected chi connectivity index (χ4v) is 2.85. The standard InChI is InChI=1S/C16H20N4O2/c1-11-15(12(2)19-18-11)16(21)20-9-3-4-14(10-20)22-13-5-7-17-8-6-13/h5-8,14H,3-4,9-10H2,1-2H3,(H,18,19). The van der Waals surface area contributed by atoms with Crippen LogP contribution in [-0.2, 0) is 0 Å². The van der Waals surface area contributed by atoms with Crippen LogP contribution >= 0.6 is 0 Å². The molecule has 116 valence electrons. The van der Waals surface area contributed by atoms with Crippen molar-refractivity contribution in [2.75, 3.05) is 13.1 Å². The fraction of sp³-hybridized carbons (Fsp3) is 0.438. The topological polar surface area (TPSA) is 71.1 Å². The molecule has 1 N–H and O–H groups in total. The molecule has 1 atom stereocenters. The Bertz CT molecular complexity index is 634. The van der Waals surface area contributed by atoms with E-state index >= 15 is 0 Å². The van der Waals surface area contributed by atoms with Crippen LogP contribution in [0.1, 0.15) is 34.6 Å². The average molecular weight is 300 g/mol. The van der Waals surface area contributed by atoms with Crippen molar-refractivity contribution in [3.05, 3.63) is 41.5 Å². The average Bonchev–Trinajstić information content (AvgIpc) is 2.87. The van der Waals surface area contributed by atoms with E-state index in [1.165, 1.54) is 0 Å². The third-order valence-electron chi connectivity index (χ3n) is 3.96. The first-order valence-electron chi connectivity index (χ1n) is 7.52. The Kier molecular flexibility index (Phi) is 4.09. The highest BCUT2D eigenvalue weighted by Gasteiger charge is 2.28. The molecule has 22 heavy (non-hydrogen) atoms. The van der Waals surface area contributed by atoms with Crippen molar-refractivity contribution in [1.82, 2.24) is 20.1 Å². The Morgan fingerprint density at radius 2 is 2.14 bits per heavy atom. The van der Waals surface area contributed by atoms with E-state index < -0.39 is 0 Å². The molecule has 2 aromatic rings. The van der Waals surface area contributed by atoms with E-state index in [4.69, 9.17) is 4.74 Å². The van der Waals surface area contributed by atoms with Gasteiger partial charge >= 0.3 is 0 Å². The minimum absolute atomic E-state index is 0.0209. The van der Waals surface area contributed by atoms with E-state index in [1.807, 2.05) is 30.9 Å². The van der Waals surface area contributed by atoms with Crippen molar-refractivity contribution in [3.8, 4) is 5.75 Å². The van der Waals surface area contributed by atoms with Crippen LogP contribution in [0.25, 0.3) is 0 Å². The van der Waals surface area contributed by atoms with E-state index in [0.29, 0.717) is 12.1 Å². The van der Waals surface area contributed by atoms with Gasteiger partial charge in [0, 0.05) is 24.6 Å². The van der Waals surface area contributed by atoms with Crippen LogP contribution in [0, 0.1) is 13.8 Å². The van der Waals surface area contributed by atoms with Gasteiger partial charge in [0.05, 0.1) is 17.8 Å². The number of carbonyl (C=O) groups is 1. The van der Waals surface area contributed by atoms with Gasteiger partial charge in [0.1, 0.15) is 11.9 Å². The first kappa shape index (κ1) is 14.6. The maximum Gasteiger partial charge on any atom is 0.257 e. The number of hydrogen-bond donors (Lipinski definition) is 1. The lowest BCUT2D eigenvalue weighted by atomic mass is 10.1. The predicted molar refractivity (Wildman–Crippen MR) is 81.9 cm³/mol. The third-order valence-corrected chi connectivity index (χ3v) is 3.96. The van der Waals surface area contributed by atoms with Crippen LogP contribution in [-0.4, -0.2) is 45.2 Å². The fourth-order valence-electron chi connectivity index (χ4n) is 2.85. The van der Waals surface area contributed by atoms with Crippen molar-refractivity contribution < 1.29 is 9.53 Å². The van der Waals surface area contributed by atoms with Crippen LogP contribution < -0.4 is 4.74 Å². The van der Waals surface area contributed by atoms with Gasteiger partial charge in [-0.3, -0.25) is 14.9 Å². The summed E-state index contributed by atoms with van der Waals surface area (Å²) in [5.74, 6) is 0.830. The Balaban J connectivity index is 1.69. The molecule has 0 bridgehead atoms. The number of aromatic nitrogens is 3. The molecule has 1 fully saturated rings. The molecular formula is C16H20N4O2. The summed E-state index contributed by atoms with van der Waals surface area (Å²) in [6.07, 6.45) is 5.33. The number of piperidine rings is 1. The maximum atomic E-state index is 12.7. The Hall–Kier alpha value is -2.37. The molecule has 0 saturated carbocycles. The van der Waals surface area contributed by atoms with Gasteiger partial charge in [0.25, 0.3) is 5.91 Å². The number of rotatable bonds is 3. The van der Waals surface area contributed by atoms with Crippen LogP contribution in [0.15, 0.2) is 24.5 Å². The molecule has 6 nitrogen and oxygen atoms in total. The lowest BCUT2D eigenvalue weighted by Gasteiger charge is -2.33. The molecule has 2 aromatic heterocycles. The molecule has 3 rings (SSSR count). The molecule has 0 spiro atoms. The highest BCUT2D eigenvalue weighted by Crippen LogP contribution is 2.20. The highest BCUT2D eigenvalue weighted by atomic mass is 16.5. The van der Waals surface area contributed by atoms with Gasteiger partial charge in [-0.2, -0.15) is 5.10 Å². The number of nitrogens with one attached hydrogen (secondary N) is 1. The van der Waals surface area contributed by atoms with Crippen LogP contribution in [0.5, 0.6) is 5.75 Å². The molecule has 1 aliphatic heterocycles. The Morgan fingerprint density at radius 1 is 1.36 bits per heavy atom. The van der Waals surface area contributed by atoms with E-state index in [1.54, 1.807) is 12.4 Å². The molecule has 0 aliphatic carbocycles. The van der Waals surface area contributed by atoms with Crippen LogP contribution in [0.4, 0.5) is 0 Å². The van der Waals surface area contributed by atoms with E-state index in [2.05, 4.69) is 15.2 Å². The summed E-state index contributed by atoms with van der Waals surface area (Å²) in [6.45, 7) is 5.10. The lowest BCUT2D eigenvalue weighted by molar-refractivity contribution is 0.0536.